The molecule has 1 N–H and O–H groups in total. The molecule has 0 spiro atoms. The summed E-state index contributed by atoms with van der Waals surface area (Å²) in [4.78, 5) is 28.8. The van der Waals surface area contributed by atoms with Crippen LogP contribution in [0.15, 0.2) is 78.9 Å². The molecular formula is C31H35FN2O2. The van der Waals surface area contributed by atoms with Crippen LogP contribution in [-0.2, 0) is 10.2 Å². The van der Waals surface area contributed by atoms with Crippen LogP contribution in [0.5, 0.6) is 0 Å². The Morgan fingerprint density at radius 1 is 0.861 bits per heavy atom. The molecule has 1 aliphatic heterocycles. The average molecular weight is 487 g/mol. The maximum Gasteiger partial charge on any atom is 0.253 e. The number of nitrogens with one attached hydrogen (secondary N) is 1. The second-order valence-corrected chi connectivity index (χ2v) is 10.9. The van der Waals surface area contributed by atoms with Crippen molar-refractivity contribution in [3.05, 3.63) is 95.8 Å². The van der Waals surface area contributed by atoms with Gasteiger partial charge in [-0.25, -0.2) is 4.39 Å². The normalized spacial score (nSPS) is 16.3. The van der Waals surface area contributed by atoms with E-state index in [-0.39, 0.29) is 29.1 Å². The van der Waals surface area contributed by atoms with Crippen LogP contribution in [-0.4, -0.2) is 35.8 Å². The van der Waals surface area contributed by atoms with Crippen LogP contribution in [0.25, 0.3) is 11.1 Å². The van der Waals surface area contributed by atoms with Gasteiger partial charge in [0.2, 0.25) is 5.91 Å². The fourth-order valence-corrected chi connectivity index (χ4v) is 4.68. The Labute approximate surface area is 213 Å². The number of piperidine rings is 1. The van der Waals surface area contributed by atoms with E-state index in [1.54, 1.807) is 12.1 Å². The number of hydrogen-bond acceptors (Lipinski definition) is 2. The van der Waals surface area contributed by atoms with Gasteiger partial charge < -0.3 is 10.2 Å². The van der Waals surface area contributed by atoms with Gasteiger partial charge in [-0.1, -0.05) is 75.4 Å². The number of amides is 2. The molecule has 1 saturated heterocycles. The van der Waals surface area contributed by atoms with Crippen molar-refractivity contribution in [2.24, 2.45) is 5.41 Å². The number of benzene rings is 3. The minimum absolute atomic E-state index is 0.0184. The Balaban J connectivity index is 1.50. The number of carbonyl (C=O) groups excluding carboxylic acids is 2. The number of halogens is 1. The summed E-state index contributed by atoms with van der Waals surface area (Å²) < 4.78 is 13.2. The van der Waals surface area contributed by atoms with Crippen LogP contribution >= 0.6 is 0 Å². The van der Waals surface area contributed by atoms with Gasteiger partial charge in [0.25, 0.3) is 5.91 Å². The first-order valence-corrected chi connectivity index (χ1v) is 12.6. The molecule has 0 radical (unpaired) electrons. The predicted octanol–water partition coefficient (Wildman–Crippen LogP) is 6.22. The van der Waals surface area contributed by atoms with Crippen molar-refractivity contribution in [1.82, 2.24) is 10.2 Å². The Morgan fingerprint density at radius 2 is 1.39 bits per heavy atom. The number of rotatable bonds is 5. The maximum absolute atomic E-state index is 13.7. The first kappa shape index (κ1) is 25.6. The minimum Gasteiger partial charge on any atom is -0.352 e. The molecule has 5 heteroatoms. The molecule has 3 aromatic carbocycles. The fourth-order valence-electron chi connectivity index (χ4n) is 4.68. The molecular weight excluding hydrogens is 451 g/mol. The van der Waals surface area contributed by atoms with Crippen molar-refractivity contribution in [2.75, 3.05) is 13.1 Å². The van der Waals surface area contributed by atoms with Gasteiger partial charge in [-0.2, -0.15) is 0 Å². The highest BCUT2D eigenvalue weighted by molar-refractivity contribution is 5.95. The van der Waals surface area contributed by atoms with Crippen molar-refractivity contribution in [1.29, 1.82) is 0 Å². The van der Waals surface area contributed by atoms with Crippen LogP contribution in [0.3, 0.4) is 0 Å². The van der Waals surface area contributed by atoms with Gasteiger partial charge in [-0.3, -0.25) is 9.59 Å². The SMILES string of the molecule is C[C@H](NC(=O)C1(c2ccccc2)CCN(C(=O)c2ccc(-c3ccc(F)cc3)cc2)CC1)C(C)(C)C. The topological polar surface area (TPSA) is 49.4 Å². The van der Waals surface area contributed by atoms with E-state index in [1.165, 1.54) is 12.1 Å². The summed E-state index contributed by atoms with van der Waals surface area (Å²) in [6, 6.07) is 23.7. The van der Waals surface area contributed by atoms with E-state index in [4.69, 9.17) is 0 Å². The van der Waals surface area contributed by atoms with Gasteiger partial charge in [0.05, 0.1) is 5.41 Å². The van der Waals surface area contributed by atoms with E-state index >= 15 is 0 Å². The number of hydrogen-bond donors (Lipinski definition) is 1. The molecule has 0 unspecified atom stereocenters. The molecule has 0 aromatic heterocycles. The summed E-state index contributed by atoms with van der Waals surface area (Å²) in [6.07, 6.45) is 1.14. The molecule has 0 aliphatic carbocycles. The average Bonchev–Trinajstić information content (AvgIpc) is 2.89. The largest absolute Gasteiger partial charge is 0.352 e. The second-order valence-electron chi connectivity index (χ2n) is 10.9. The third-order valence-corrected chi connectivity index (χ3v) is 7.62. The quantitative estimate of drug-likeness (QED) is 0.466. The molecule has 4 rings (SSSR count). The van der Waals surface area contributed by atoms with E-state index in [1.807, 2.05) is 66.4 Å². The molecule has 188 valence electrons. The highest BCUT2D eigenvalue weighted by Gasteiger charge is 2.44. The van der Waals surface area contributed by atoms with Gasteiger partial charge in [0.15, 0.2) is 0 Å². The molecule has 2 amide bonds. The lowest BCUT2D eigenvalue weighted by molar-refractivity contribution is -0.129. The molecule has 4 nitrogen and oxygen atoms in total. The first-order chi connectivity index (χ1) is 17.1. The molecule has 1 aliphatic rings. The summed E-state index contributed by atoms with van der Waals surface area (Å²) >= 11 is 0. The van der Waals surface area contributed by atoms with Crippen LogP contribution in [0, 0.1) is 11.2 Å². The Bertz CT molecular complexity index is 1190. The number of carbonyl (C=O) groups is 2. The summed E-state index contributed by atoms with van der Waals surface area (Å²) in [6.45, 7) is 9.42. The number of likely N-dealkylation sites (tertiary alicyclic amines) is 1. The van der Waals surface area contributed by atoms with Crippen molar-refractivity contribution in [3.63, 3.8) is 0 Å². The summed E-state index contributed by atoms with van der Waals surface area (Å²) in [5.74, 6) is -0.276. The van der Waals surface area contributed by atoms with Crippen molar-refractivity contribution >= 4 is 11.8 Å². The third kappa shape index (κ3) is 5.35. The fraction of sp³-hybridized carbons (Fsp3) is 0.355. The molecule has 3 aromatic rings. The standard InChI is InChI=1S/C31H35FN2O2/c1-22(30(2,3)4)33-29(36)31(26-8-6-5-7-9-26)18-20-34(21-19-31)28(35)25-12-10-23(11-13-25)24-14-16-27(32)17-15-24/h5-17,22H,18-21H2,1-4H3,(H,33,36)/t22-/m0/s1. The lowest BCUT2D eigenvalue weighted by Crippen LogP contribution is -2.55. The van der Waals surface area contributed by atoms with Crippen molar-refractivity contribution in [2.45, 2.75) is 52.0 Å². The van der Waals surface area contributed by atoms with Gasteiger partial charge in [-0.15, -0.1) is 0 Å². The van der Waals surface area contributed by atoms with E-state index in [0.717, 1.165) is 16.7 Å². The van der Waals surface area contributed by atoms with Gasteiger partial charge in [-0.05, 0) is 66.1 Å². The summed E-state index contributed by atoms with van der Waals surface area (Å²) in [5, 5.41) is 3.26. The Hall–Kier alpha value is -3.47. The molecule has 36 heavy (non-hydrogen) atoms. The maximum atomic E-state index is 13.7. The lowest BCUT2D eigenvalue weighted by atomic mass is 9.71. The van der Waals surface area contributed by atoms with Gasteiger partial charge in [0, 0.05) is 24.7 Å². The minimum atomic E-state index is -0.663. The van der Waals surface area contributed by atoms with Crippen LogP contribution in [0.1, 0.15) is 56.5 Å². The predicted molar refractivity (Wildman–Crippen MR) is 142 cm³/mol. The van der Waals surface area contributed by atoms with Gasteiger partial charge >= 0.3 is 0 Å². The molecule has 0 saturated carbocycles. The zero-order chi connectivity index (χ0) is 25.9. The van der Waals surface area contributed by atoms with E-state index in [9.17, 15) is 14.0 Å². The second kappa shape index (κ2) is 10.3. The summed E-state index contributed by atoms with van der Waals surface area (Å²) in [7, 11) is 0. The van der Waals surface area contributed by atoms with E-state index in [2.05, 4.69) is 26.1 Å². The monoisotopic (exact) mass is 486 g/mol. The van der Waals surface area contributed by atoms with Crippen LogP contribution in [0.4, 0.5) is 4.39 Å². The number of nitrogens with zero attached hydrogens (tertiary/aromatic N) is 1. The lowest BCUT2D eigenvalue weighted by Gasteiger charge is -2.42. The Morgan fingerprint density at radius 3 is 1.92 bits per heavy atom. The first-order valence-electron chi connectivity index (χ1n) is 12.6. The summed E-state index contributed by atoms with van der Waals surface area (Å²) in [5.41, 5.74) is 2.72. The smallest absolute Gasteiger partial charge is 0.253 e. The van der Waals surface area contributed by atoms with E-state index in [0.29, 0.717) is 31.5 Å². The highest BCUT2D eigenvalue weighted by atomic mass is 19.1. The molecule has 0 bridgehead atoms. The highest BCUT2D eigenvalue weighted by Crippen LogP contribution is 2.37. The zero-order valence-electron chi connectivity index (χ0n) is 21.6. The van der Waals surface area contributed by atoms with Crippen LogP contribution < -0.4 is 5.32 Å². The molecule has 1 fully saturated rings. The molecule has 1 heterocycles. The zero-order valence-corrected chi connectivity index (χ0v) is 21.6. The molecule has 1 atom stereocenters. The van der Waals surface area contributed by atoms with E-state index < -0.39 is 5.41 Å². The third-order valence-electron chi connectivity index (χ3n) is 7.62. The Kier molecular flexibility index (Phi) is 7.30. The van der Waals surface area contributed by atoms with Crippen molar-refractivity contribution in [3.8, 4) is 11.1 Å². The van der Waals surface area contributed by atoms with Gasteiger partial charge in [0.1, 0.15) is 5.82 Å². The van der Waals surface area contributed by atoms with Crippen molar-refractivity contribution < 1.29 is 14.0 Å². The van der Waals surface area contributed by atoms with Crippen LogP contribution in [0.2, 0.25) is 0 Å².